The molecule has 1 heteroatoms. The summed E-state index contributed by atoms with van der Waals surface area (Å²) in [4.78, 5) is 0. The lowest BCUT2D eigenvalue weighted by Gasteiger charge is -2.26. The fourth-order valence-electron chi connectivity index (χ4n) is 5.06. The van der Waals surface area contributed by atoms with E-state index in [0.29, 0.717) is 0 Å². The lowest BCUT2D eigenvalue weighted by Crippen LogP contribution is -2.13. The van der Waals surface area contributed by atoms with Crippen LogP contribution in [0.5, 0.6) is 0 Å². The van der Waals surface area contributed by atoms with E-state index in [2.05, 4.69) is 55.1 Å². The van der Waals surface area contributed by atoms with Gasteiger partial charge >= 0.3 is 0 Å². The Balaban J connectivity index is 1.41. The predicted molar refractivity (Wildman–Crippen MR) is 136 cm³/mol. The summed E-state index contributed by atoms with van der Waals surface area (Å²) in [6, 6.07) is 19.1. The zero-order chi connectivity index (χ0) is 22.3. The van der Waals surface area contributed by atoms with Crippen molar-refractivity contribution in [1.29, 1.82) is 0 Å². The summed E-state index contributed by atoms with van der Waals surface area (Å²) in [6.45, 7) is 5.95. The Morgan fingerprint density at radius 3 is 2.38 bits per heavy atom. The molecule has 4 rings (SSSR count). The molecular formula is C31H35F. The minimum atomic E-state index is -0.0731. The van der Waals surface area contributed by atoms with Gasteiger partial charge in [0, 0.05) is 5.39 Å². The molecule has 0 spiro atoms. The summed E-state index contributed by atoms with van der Waals surface area (Å²) in [7, 11) is 0. The van der Waals surface area contributed by atoms with Gasteiger partial charge in [0.05, 0.1) is 0 Å². The average molecular weight is 427 g/mol. The molecule has 0 unspecified atom stereocenters. The van der Waals surface area contributed by atoms with Crippen molar-refractivity contribution in [2.24, 2.45) is 11.8 Å². The molecule has 0 bridgehead atoms. The molecule has 3 aromatic rings. The van der Waals surface area contributed by atoms with Crippen LogP contribution in [0.1, 0.15) is 56.6 Å². The normalized spacial score (nSPS) is 18.9. The molecule has 32 heavy (non-hydrogen) atoms. The van der Waals surface area contributed by atoms with Gasteiger partial charge < -0.3 is 0 Å². The first-order valence-electron chi connectivity index (χ1n) is 12.2. The summed E-state index contributed by atoms with van der Waals surface area (Å²) in [5.41, 5.74) is 4.55. The van der Waals surface area contributed by atoms with Crippen LogP contribution in [0.3, 0.4) is 0 Å². The van der Waals surface area contributed by atoms with Gasteiger partial charge in [-0.3, -0.25) is 0 Å². The molecule has 1 aliphatic carbocycles. The molecule has 0 aliphatic heterocycles. The predicted octanol–water partition coefficient (Wildman–Crippen LogP) is 9.08. The zero-order valence-corrected chi connectivity index (χ0v) is 19.3. The van der Waals surface area contributed by atoms with Gasteiger partial charge in [-0.25, -0.2) is 4.39 Å². The van der Waals surface area contributed by atoms with E-state index in [-0.39, 0.29) is 5.82 Å². The van der Waals surface area contributed by atoms with Gasteiger partial charge in [-0.05, 0) is 104 Å². The quantitative estimate of drug-likeness (QED) is 0.315. The Morgan fingerprint density at radius 2 is 1.66 bits per heavy atom. The molecule has 0 heterocycles. The third-order valence-corrected chi connectivity index (χ3v) is 7.20. The van der Waals surface area contributed by atoms with Crippen molar-refractivity contribution < 1.29 is 4.39 Å². The van der Waals surface area contributed by atoms with Gasteiger partial charge in [0.15, 0.2) is 0 Å². The Bertz CT molecular complexity index is 1070. The van der Waals surface area contributed by atoms with Crippen LogP contribution < -0.4 is 0 Å². The van der Waals surface area contributed by atoms with Gasteiger partial charge in [-0.1, -0.05) is 66.8 Å². The summed E-state index contributed by atoms with van der Waals surface area (Å²) >= 11 is 0. The van der Waals surface area contributed by atoms with Crippen LogP contribution in [0.2, 0.25) is 0 Å². The largest absolute Gasteiger partial charge is 0.206 e. The van der Waals surface area contributed by atoms with Crippen LogP contribution in [-0.4, -0.2) is 0 Å². The van der Waals surface area contributed by atoms with E-state index >= 15 is 0 Å². The summed E-state index contributed by atoms with van der Waals surface area (Å²) < 4.78 is 14.9. The van der Waals surface area contributed by atoms with Gasteiger partial charge in [0.25, 0.3) is 0 Å². The van der Waals surface area contributed by atoms with Crippen molar-refractivity contribution >= 4 is 10.8 Å². The lowest BCUT2D eigenvalue weighted by molar-refractivity contribution is 0.296. The van der Waals surface area contributed by atoms with E-state index < -0.39 is 0 Å². The molecule has 166 valence electrons. The van der Waals surface area contributed by atoms with Crippen molar-refractivity contribution in [3.8, 4) is 11.1 Å². The number of halogens is 1. The maximum absolute atomic E-state index is 14.9. The molecule has 3 aromatic carbocycles. The average Bonchev–Trinajstić information content (AvgIpc) is 2.85. The number of hydrogen-bond acceptors (Lipinski definition) is 0. The van der Waals surface area contributed by atoms with Crippen molar-refractivity contribution in [2.45, 2.75) is 58.3 Å². The number of fused-ring (bicyclic) bond motifs is 1. The summed E-state index contributed by atoms with van der Waals surface area (Å²) in [5, 5.41) is 1.68. The Morgan fingerprint density at radius 1 is 0.906 bits per heavy atom. The van der Waals surface area contributed by atoms with Crippen molar-refractivity contribution in [3.63, 3.8) is 0 Å². The van der Waals surface area contributed by atoms with Crippen LogP contribution in [0.25, 0.3) is 21.9 Å². The molecular weight excluding hydrogens is 391 g/mol. The first-order valence-corrected chi connectivity index (χ1v) is 12.2. The fourth-order valence-corrected chi connectivity index (χ4v) is 5.06. The molecule has 1 fully saturated rings. The van der Waals surface area contributed by atoms with E-state index in [4.69, 9.17) is 0 Å². The van der Waals surface area contributed by atoms with E-state index in [0.717, 1.165) is 53.0 Å². The fraction of sp³-hybridized carbons (Fsp3) is 0.355. The minimum Gasteiger partial charge on any atom is -0.206 e. The van der Waals surface area contributed by atoms with Crippen molar-refractivity contribution in [3.05, 3.63) is 96.3 Å². The van der Waals surface area contributed by atoms with E-state index in [1.165, 1.54) is 43.2 Å². The smallest absolute Gasteiger partial charge is 0.134 e. The highest BCUT2D eigenvalue weighted by atomic mass is 19.1. The summed E-state index contributed by atoms with van der Waals surface area (Å²) in [6.07, 6.45) is 15.6. The van der Waals surface area contributed by atoms with Crippen molar-refractivity contribution in [1.82, 2.24) is 0 Å². The number of benzene rings is 3. The Labute approximate surface area is 192 Å². The highest BCUT2D eigenvalue weighted by Gasteiger charge is 2.18. The molecule has 0 nitrogen and oxygen atoms in total. The van der Waals surface area contributed by atoms with Crippen molar-refractivity contribution in [2.75, 3.05) is 0 Å². The Kier molecular flexibility index (Phi) is 7.58. The second-order valence-electron chi connectivity index (χ2n) is 9.33. The maximum atomic E-state index is 14.9. The number of aryl methyl sites for hydroxylation is 2. The second kappa shape index (κ2) is 10.8. The molecule has 1 aliphatic rings. The van der Waals surface area contributed by atoms with Crippen LogP contribution in [0.4, 0.5) is 4.39 Å². The molecule has 0 N–H and O–H groups in total. The third-order valence-electron chi connectivity index (χ3n) is 7.20. The maximum Gasteiger partial charge on any atom is 0.134 e. The first-order chi connectivity index (χ1) is 15.7. The first kappa shape index (κ1) is 22.5. The molecule has 0 amide bonds. The number of allylic oxidation sites excluding steroid dienone is 3. The third kappa shape index (κ3) is 5.38. The van der Waals surface area contributed by atoms with E-state index in [1.807, 2.05) is 31.2 Å². The lowest BCUT2D eigenvalue weighted by atomic mass is 9.79. The molecule has 1 saturated carbocycles. The zero-order valence-electron chi connectivity index (χ0n) is 19.3. The number of rotatable bonds is 8. The number of hydrogen-bond donors (Lipinski definition) is 0. The molecule has 0 atom stereocenters. The topological polar surface area (TPSA) is 0 Å². The van der Waals surface area contributed by atoms with Gasteiger partial charge in [0.1, 0.15) is 5.82 Å². The highest BCUT2D eigenvalue weighted by molar-refractivity contribution is 5.88. The van der Waals surface area contributed by atoms with E-state index in [9.17, 15) is 4.39 Å². The minimum absolute atomic E-state index is 0.0731. The van der Waals surface area contributed by atoms with Gasteiger partial charge in [0.2, 0.25) is 0 Å². The SMILES string of the molecule is C=CC1CCC(CCc2ccc(-c3ccc4c(F)c(CC/C=C/C)ccc4c3)cc2)CC1. The van der Waals surface area contributed by atoms with Gasteiger partial charge in [-0.2, -0.15) is 0 Å². The standard InChI is InChI=1S/C31H35F/c1-3-5-6-7-27-18-19-29-22-28(20-21-30(29)31(27)32)26-16-14-25(15-17-26)13-12-24-10-8-23(4-2)9-11-24/h3-5,14-24H,2,6-13H2,1H3/b5-3+. The van der Waals surface area contributed by atoms with Gasteiger partial charge in [-0.15, -0.1) is 6.58 Å². The highest BCUT2D eigenvalue weighted by Crippen LogP contribution is 2.32. The Hall–Kier alpha value is -2.67. The van der Waals surface area contributed by atoms with Crippen LogP contribution >= 0.6 is 0 Å². The molecule has 0 radical (unpaired) electrons. The summed E-state index contributed by atoms with van der Waals surface area (Å²) in [5.74, 6) is 1.53. The van der Waals surface area contributed by atoms with E-state index in [1.54, 1.807) is 0 Å². The van der Waals surface area contributed by atoms with Crippen LogP contribution in [-0.2, 0) is 12.8 Å². The van der Waals surface area contributed by atoms with Crippen LogP contribution in [0.15, 0.2) is 79.4 Å². The monoisotopic (exact) mass is 426 g/mol. The molecule has 0 aromatic heterocycles. The van der Waals surface area contributed by atoms with Crippen LogP contribution in [0, 0.1) is 17.7 Å². The molecule has 0 saturated heterocycles. The second-order valence-corrected chi connectivity index (χ2v) is 9.33.